The number of nitrogens with one attached hydrogen (secondary N) is 1. The summed E-state index contributed by atoms with van der Waals surface area (Å²) in [4.78, 5) is 42.4. The summed E-state index contributed by atoms with van der Waals surface area (Å²) >= 11 is 0. The first-order valence-corrected chi connectivity index (χ1v) is 7.41. The minimum absolute atomic E-state index is 0.158. The van der Waals surface area contributed by atoms with Crippen LogP contribution in [0.25, 0.3) is 0 Å². The predicted octanol–water partition coefficient (Wildman–Crippen LogP) is 2.44. The molecule has 0 atom stereocenters. The summed E-state index contributed by atoms with van der Waals surface area (Å²) in [5, 5.41) is 35.0. The summed E-state index contributed by atoms with van der Waals surface area (Å²) in [7, 11) is 1.05. The second-order valence-corrected chi connectivity index (χ2v) is 5.15. The second kappa shape index (κ2) is 8.39. The fourth-order valence-corrected chi connectivity index (χ4v) is 2.16. The van der Waals surface area contributed by atoms with Crippen molar-refractivity contribution in [2.75, 3.05) is 19.0 Å². The van der Waals surface area contributed by atoms with Crippen LogP contribution in [0.15, 0.2) is 36.4 Å². The summed E-state index contributed by atoms with van der Waals surface area (Å²) in [6.07, 6.45) is 0. The number of nitro groups is 3. The topological polar surface area (TPSA) is 177 Å². The monoisotopic (exact) mass is 392 g/mol. The second-order valence-electron chi connectivity index (χ2n) is 5.15. The van der Waals surface area contributed by atoms with Gasteiger partial charge in [-0.25, -0.2) is 0 Å². The van der Waals surface area contributed by atoms with Gasteiger partial charge in [-0.2, -0.15) is 0 Å². The van der Waals surface area contributed by atoms with Crippen molar-refractivity contribution >= 4 is 28.7 Å². The van der Waals surface area contributed by atoms with E-state index < -0.39 is 44.4 Å². The number of hydrogen-bond donors (Lipinski definition) is 1. The lowest BCUT2D eigenvalue weighted by atomic mass is 10.2. The number of hydrogen-bond acceptors (Lipinski definition) is 9. The van der Waals surface area contributed by atoms with Gasteiger partial charge in [-0.3, -0.25) is 35.1 Å². The zero-order chi connectivity index (χ0) is 20.8. The number of non-ortho nitro benzene ring substituents is 1. The number of benzene rings is 2. The van der Waals surface area contributed by atoms with E-state index in [1.165, 1.54) is 24.3 Å². The summed E-state index contributed by atoms with van der Waals surface area (Å²) < 4.78 is 9.87. The lowest BCUT2D eigenvalue weighted by Gasteiger charge is -2.09. The molecule has 0 spiro atoms. The fourth-order valence-electron chi connectivity index (χ4n) is 2.16. The minimum atomic E-state index is -0.880. The number of ether oxygens (including phenoxy) is 2. The zero-order valence-corrected chi connectivity index (χ0v) is 14.2. The highest BCUT2D eigenvalue weighted by Gasteiger charge is 2.28. The van der Waals surface area contributed by atoms with Crippen LogP contribution in [0.1, 0.15) is 0 Å². The highest BCUT2D eigenvalue weighted by atomic mass is 16.6. The van der Waals surface area contributed by atoms with Gasteiger partial charge in [0.15, 0.2) is 6.61 Å². The standard InChI is InChI=1S/C15H12N4O9/c1-27-15-12(18(23)24)6-9(7-13(15)19(25)26)16-14(20)8-28-11-4-2-10(3-5-11)17(21)22/h2-7H,8H2,1H3,(H,16,20). The lowest BCUT2D eigenvalue weighted by molar-refractivity contribution is -0.395. The highest BCUT2D eigenvalue weighted by molar-refractivity contribution is 5.93. The predicted molar refractivity (Wildman–Crippen MR) is 93.5 cm³/mol. The maximum Gasteiger partial charge on any atom is 0.320 e. The maximum absolute atomic E-state index is 12.0. The fraction of sp³-hybridized carbons (Fsp3) is 0.133. The minimum Gasteiger partial charge on any atom is -0.485 e. The Morgan fingerprint density at radius 1 is 0.964 bits per heavy atom. The maximum atomic E-state index is 12.0. The van der Waals surface area contributed by atoms with E-state index in [4.69, 9.17) is 9.47 Å². The van der Waals surface area contributed by atoms with Gasteiger partial charge in [0.2, 0.25) is 0 Å². The van der Waals surface area contributed by atoms with Crippen molar-refractivity contribution in [2.45, 2.75) is 0 Å². The van der Waals surface area contributed by atoms with Crippen LogP contribution in [0.3, 0.4) is 0 Å². The first-order valence-electron chi connectivity index (χ1n) is 7.41. The Morgan fingerprint density at radius 3 is 1.93 bits per heavy atom. The quantitative estimate of drug-likeness (QED) is 0.522. The number of carbonyl (C=O) groups excluding carboxylic acids is 1. The molecule has 0 saturated heterocycles. The molecule has 0 saturated carbocycles. The number of methoxy groups -OCH3 is 1. The number of carbonyl (C=O) groups is 1. The third kappa shape index (κ3) is 4.66. The average Bonchev–Trinajstić information content (AvgIpc) is 2.65. The molecular weight excluding hydrogens is 380 g/mol. The van der Waals surface area contributed by atoms with Crippen LogP contribution in [-0.4, -0.2) is 34.4 Å². The molecule has 0 aliphatic heterocycles. The SMILES string of the molecule is COc1c([N+](=O)[O-])cc(NC(=O)COc2ccc([N+](=O)[O-])cc2)cc1[N+](=O)[O-]. The molecule has 1 amide bonds. The molecule has 0 aromatic heterocycles. The molecule has 2 aromatic rings. The number of nitrogens with zero attached hydrogens (tertiary/aromatic N) is 3. The molecular formula is C15H12N4O9. The molecule has 13 nitrogen and oxygen atoms in total. The Hall–Kier alpha value is -4.29. The number of anilines is 1. The Morgan fingerprint density at radius 2 is 1.50 bits per heavy atom. The zero-order valence-electron chi connectivity index (χ0n) is 14.2. The molecule has 0 heterocycles. The van der Waals surface area contributed by atoms with Crippen LogP contribution in [-0.2, 0) is 4.79 Å². The average molecular weight is 392 g/mol. The van der Waals surface area contributed by atoms with Gasteiger partial charge < -0.3 is 14.8 Å². The molecule has 146 valence electrons. The third-order valence-electron chi connectivity index (χ3n) is 3.35. The van der Waals surface area contributed by atoms with Gasteiger partial charge in [0, 0.05) is 24.3 Å². The molecule has 0 fully saturated rings. The van der Waals surface area contributed by atoms with E-state index in [1.807, 2.05) is 0 Å². The van der Waals surface area contributed by atoms with Crippen molar-refractivity contribution in [1.29, 1.82) is 0 Å². The van der Waals surface area contributed by atoms with Gasteiger partial charge in [-0.15, -0.1) is 0 Å². The molecule has 0 radical (unpaired) electrons. The Bertz CT molecular complexity index is 908. The summed E-state index contributed by atoms with van der Waals surface area (Å²) in [5.74, 6) is -1.13. The molecule has 1 N–H and O–H groups in total. The van der Waals surface area contributed by atoms with Gasteiger partial charge in [-0.05, 0) is 12.1 Å². The molecule has 2 rings (SSSR count). The van der Waals surface area contributed by atoms with Gasteiger partial charge in [0.05, 0.1) is 27.6 Å². The molecule has 0 unspecified atom stereocenters. The molecule has 0 aliphatic carbocycles. The van der Waals surface area contributed by atoms with Gasteiger partial charge in [0.25, 0.3) is 17.3 Å². The van der Waals surface area contributed by atoms with Crippen LogP contribution in [0.2, 0.25) is 0 Å². The first kappa shape index (κ1) is 20.0. The van der Waals surface area contributed by atoms with Crippen molar-refractivity contribution in [1.82, 2.24) is 0 Å². The Labute approximate surface area is 155 Å². The van der Waals surface area contributed by atoms with Gasteiger partial charge in [0.1, 0.15) is 5.75 Å². The normalized spacial score (nSPS) is 10.0. The third-order valence-corrected chi connectivity index (χ3v) is 3.35. The van der Waals surface area contributed by atoms with Crippen molar-refractivity contribution in [3.05, 3.63) is 66.7 Å². The van der Waals surface area contributed by atoms with E-state index in [-0.39, 0.29) is 17.1 Å². The van der Waals surface area contributed by atoms with Crippen molar-refractivity contribution < 1.29 is 29.0 Å². The van der Waals surface area contributed by atoms with E-state index in [1.54, 1.807) is 0 Å². The highest BCUT2D eigenvalue weighted by Crippen LogP contribution is 2.39. The first-order chi connectivity index (χ1) is 13.2. The summed E-state index contributed by atoms with van der Waals surface area (Å²) in [5.41, 5.74) is -1.74. The summed E-state index contributed by atoms with van der Waals surface area (Å²) in [6.45, 7) is -0.536. The Balaban J connectivity index is 2.13. The lowest BCUT2D eigenvalue weighted by Crippen LogP contribution is -2.20. The van der Waals surface area contributed by atoms with E-state index in [9.17, 15) is 35.1 Å². The van der Waals surface area contributed by atoms with Crippen LogP contribution >= 0.6 is 0 Å². The van der Waals surface area contributed by atoms with Gasteiger partial charge >= 0.3 is 11.4 Å². The van der Waals surface area contributed by atoms with E-state index in [2.05, 4.69) is 5.32 Å². The van der Waals surface area contributed by atoms with E-state index >= 15 is 0 Å². The van der Waals surface area contributed by atoms with Crippen LogP contribution in [0, 0.1) is 30.3 Å². The molecule has 2 aromatic carbocycles. The number of amides is 1. The molecule has 0 bridgehead atoms. The molecule has 28 heavy (non-hydrogen) atoms. The smallest absolute Gasteiger partial charge is 0.320 e. The van der Waals surface area contributed by atoms with Crippen molar-refractivity contribution in [3.63, 3.8) is 0 Å². The van der Waals surface area contributed by atoms with Crippen LogP contribution in [0.4, 0.5) is 22.7 Å². The molecule has 0 aliphatic rings. The van der Waals surface area contributed by atoms with E-state index in [0.29, 0.717) is 0 Å². The molecule has 13 heteroatoms. The largest absolute Gasteiger partial charge is 0.485 e. The number of nitro benzene ring substituents is 3. The van der Waals surface area contributed by atoms with Crippen LogP contribution in [0.5, 0.6) is 11.5 Å². The Kier molecular flexibility index (Phi) is 6.00. The van der Waals surface area contributed by atoms with Gasteiger partial charge in [-0.1, -0.05) is 0 Å². The summed E-state index contributed by atoms with van der Waals surface area (Å²) in [6, 6.07) is 6.76. The number of rotatable bonds is 8. The van der Waals surface area contributed by atoms with Crippen molar-refractivity contribution in [2.24, 2.45) is 0 Å². The van der Waals surface area contributed by atoms with E-state index in [0.717, 1.165) is 19.2 Å². The van der Waals surface area contributed by atoms with Crippen molar-refractivity contribution in [3.8, 4) is 11.5 Å². The van der Waals surface area contributed by atoms with Crippen LogP contribution < -0.4 is 14.8 Å².